The Bertz CT molecular complexity index is 645. The molecule has 6 nitrogen and oxygen atoms in total. The maximum Gasteiger partial charge on any atom is 0.243 e. The molecule has 1 unspecified atom stereocenters. The zero-order valence-corrected chi connectivity index (χ0v) is 13.1. The lowest BCUT2D eigenvalue weighted by Gasteiger charge is -2.23. The maximum atomic E-state index is 12.8. The summed E-state index contributed by atoms with van der Waals surface area (Å²) in [5.41, 5.74) is 5.53. The average molecular weight is 311 g/mol. The van der Waals surface area contributed by atoms with Gasteiger partial charge in [0.15, 0.2) is 0 Å². The molecular weight excluding hydrogens is 290 g/mol. The van der Waals surface area contributed by atoms with Gasteiger partial charge < -0.3 is 11.1 Å². The molecule has 1 atom stereocenters. The fourth-order valence-corrected chi connectivity index (χ4v) is 4.47. The van der Waals surface area contributed by atoms with Crippen LogP contribution in [-0.2, 0) is 21.4 Å². The molecule has 1 saturated heterocycles. The van der Waals surface area contributed by atoms with Crippen LogP contribution in [0.5, 0.6) is 0 Å². The largest absolute Gasteiger partial charge is 0.359 e. The lowest BCUT2D eigenvalue weighted by molar-refractivity contribution is -0.128. The van der Waals surface area contributed by atoms with Crippen molar-refractivity contribution in [3.8, 4) is 0 Å². The SMILES string of the molecule is CNC(=O)C1(C)CCN(S(=O)(=O)c2ccccc2CN)C1. The number of nitrogens with two attached hydrogens (primary N) is 1. The van der Waals surface area contributed by atoms with E-state index in [1.165, 1.54) is 4.31 Å². The third-order valence-electron chi connectivity index (χ3n) is 4.02. The molecule has 2 rings (SSSR count). The van der Waals surface area contributed by atoms with E-state index in [1.807, 2.05) is 0 Å². The summed E-state index contributed by atoms with van der Waals surface area (Å²) in [5, 5.41) is 2.60. The number of nitrogens with one attached hydrogen (secondary N) is 1. The highest BCUT2D eigenvalue weighted by molar-refractivity contribution is 7.89. The van der Waals surface area contributed by atoms with Crippen molar-refractivity contribution in [3.05, 3.63) is 29.8 Å². The molecule has 1 heterocycles. The molecule has 1 amide bonds. The van der Waals surface area contributed by atoms with Gasteiger partial charge in [-0.15, -0.1) is 0 Å². The zero-order chi connectivity index (χ0) is 15.7. The van der Waals surface area contributed by atoms with Crippen LogP contribution in [-0.4, -0.2) is 38.8 Å². The second kappa shape index (κ2) is 5.75. The molecule has 0 aliphatic carbocycles. The van der Waals surface area contributed by atoms with Gasteiger partial charge in [-0.1, -0.05) is 18.2 Å². The number of amides is 1. The van der Waals surface area contributed by atoms with E-state index in [4.69, 9.17) is 5.73 Å². The van der Waals surface area contributed by atoms with Crippen molar-refractivity contribution in [1.82, 2.24) is 9.62 Å². The number of benzene rings is 1. The molecule has 0 spiro atoms. The monoisotopic (exact) mass is 311 g/mol. The van der Waals surface area contributed by atoms with E-state index in [2.05, 4.69) is 5.32 Å². The molecule has 7 heteroatoms. The third-order valence-corrected chi connectivity index (χ3v) is 5.97. The van der Waals surface area contributed by atoms with Crippen molar-refractivity contribution in [1.29, 1.82) is 0 Å². The number of carbonyl (C=O) groups excluding carboxylic acids is 1. The topological polar surface area (TPSA) is 92.5 Å². The number of rotatable bonds is 4. The van der Waals surface area contributed by atoms with Gasteiger partial charge in [0.2, 0.25) is 15.9 Å². The Kier molecular flexibility index (Phi) is 4.36. The molecule has 1 aromatic carbocycles. The van der Waals surface area contributed by atoms with E-state index in [9.17, 15) is 13.2 Å². The predicted molar refractivity (Wildman–Crippen MR) is 79.9 cm³/mol. The summed E-state index contributed by atoms with van der Waals surface area (Å²) in [4.78, 5) is 12.1. The Morgan fingerprint density at radius 2 is 2.10 bits per heavy atom. The lowest BCUT2D eigenvalue weighted by Crippen LogP contribution is -2.40. The predicted octanol–water partition coefficient (Wildman–Crippen LogP) is 0.292. The van der Waals surface area contributed by atoms with Gasteiger partial charge in [0, 0.05) is 26.7 Å². The van der Waals surface area contributed by atoms with E-state index in [0.717, 1.165) is 0 Å². The number of hydrogen-bond acceptors (Lipinski definition) is 4. The van der Waals surface area contributed by atoms with Crippen LogP contribution in [0.2, 0.25) is 0 Å². The second-order valence-corrected chi connectivity index (χ2v) is 7.45. The van der Waals surface area contributed by atoms with Gasteiger partial charge in [-0.3, -0.25) is 4.79 Å². The minimum atomic E-state index is -3.62. The molecule has 1 fully saturated rings. The first-order chi connectivity index (χ1) is 9.85. The number of carbonyl (C=O) groups is 1. The van der Waals surface area contributed by atoms with E-state index in [-0.39, 0.29) is 23.9 Å². The van der Waals surface area contributed by atoms with E-state index >= 15 is 0 Å². The highest BCUT2D eigenvalue weighted by Crippen LogP contribution is 2.34. The summed E-state index contributed by atoms with van der Waals surface area (Å²) in [6.07, 6.45) is 0.511. The Balaban J connectivity index is 2.32. The van der Waals surface area contributed by atoms with Crippen molar-refractivity contribution in [2.24, 2.45) is 11.1 Å². The number of sulfonamides is 1. The summed E-state index contributed by atoms with van der Waals surface area (Å²) in [6.45, 7) is 2.48. The van der Waals surface area contributed by atoms with Crippen LogP contribution in [0, 0.1) is 5.41 Å². The van der Waals surface area contributed by atoms with Gasteiger partial charge in [-0.25, -0.2) is 8.42 Å². The van der Waals surface area contributed by atoms with Crippen LogP contribution < -0.4 is 11.1 Å². The van der Waals surface area contributed by atoms with E-state index < -0.39 is 15.4 Å². The van der Waals surface area contributed by atoms with Crippen LogP contribution in [0.3, 0.4) is 0 Å². The average Bonchev–Trinajstić information content (AvgIpc) is 2.90. The minimum Gasteiger partial charge on any atom is -0.359 e. The molecule has 1 aliphatic rings. The highest BCUT2D eigenvalue weighted by atomic mass is 32.2. The molecule has 0 saturated carbocycles. The second-order valence-electron chi connectivity index (χ2n) is 5.54. The van der Waals surface area contributed by atoms with Crippen molar-refractivity contribution >= 4 is 15.9 Å². The quantitative estimate of drug-likeness (QED) is 0.836. The summed E-state index contributed by atoms with van der Waals surface area (Å²) in [5.74, 6) is -0.132. The number of hydrogen-bond donors (Lipinski definition) is 2. The minimum absolute atomic E-state index is 0.132. The first-order valence-corrected chi connectivity index (χ1v) is 8.29. The van der Waals surface area contributed by atoms with Gasteiger partial charge in [-0.2, -0.15) is 4.31 Å². The molecule has 1 aliphatic heterocycles. The van der Waals surface area contributed by atoms with Crippen molar-refractivity contribution < 1.29 is 13.2 Å². The summed E-state index contributed by atoms with van der Waals surface area (Å²) < 4.78 is 26.9. The van der Waals surface area contributed by atoms with Crippen LogP contribution in [0.4, 0.5) is 0 Å². The molecule has 0 radical (unpaired) electrons. The normalized spacial score (nSPS) is 23.2. The Hall–Kier alpha value is -1.44. The molecule has 21 heavy (non-hydrogen) atoms. The van der Waals surface area contributed by atoms with Crippen molar-refractivity contribution in [2.45, 2.75) is 24.8 Å². The molecule has 1 aromatic rings. The maximum absolute atomic E-state index is 12.8. The lowest BCUT2D eigenvalue weighted by atomic mass is 9.89. The highest BCUT2D eigenvalue weighted by Gasteiger charge is 2.44. The Morgan fingerprint density at radius 1 is 1.43 bits per heavy atom. The van der Waals surface area contributed by atoms with E-state index in [1.54, 1.807) is 38.2 Å². The summed E-state index contributed by atoms with van der Waals surface area (Å²) in [7, 11) is -2.06. The number of nitrogens with zero attached hydrogens (tertiary/aromatic N) is 1. The smallest absolute Gasteiger partial charge is 0.243 e. The standard InChI is InChI=1S/C14H21N3O3S/c1-14(13(18)16-2)7-8-17(10-14)21(19,20)12-6-4-3-5-11(12)9-15/h3-6H,7-10,15H2,1-2H3,(H,16,18). The molecule has 0 aromatic heterocycles. The van der Waals surface area contributed by atoms with Crippen molar-refractivity contribution in [3.63, 3.8) is 0 Å². The summed E-state index contributed by atoms with van der Waals surface area (Å²) in [6, 6.07) is 6.72. The van der Waals surface area contributed by atoms with Gasteiger partial charge in [-0.05, 0) is 25.0 Å². The van der Waals surface area contributed by atoms with Gasteiger partial charge in [0.25, 0.3) is 0 Å². The van der Waals surface area contributed by atoms with Gasteiger partial charge in [0.05, 0.1) is 10.3 Å². The van der Waals surface area contributed by atoms with Crippen LogP contribution in [0.15, 0.2) is 29.2 Å². The third kappa shape index (κ3) is 2.81. The first kappa shape index (κ1) is 15.9. The zero-order valence-electron chi connectivity index (χ0n) is 12.3. The Labute approximate surface area is 125 Å². The molecule has 3 N–H and O–H groups in total. The Morgan fingerprint density at radius 3 is 2.71 bits per heavy atom. The van der Waals surface area contributed by atoms with Crippen LogP contribution in [0.25, 0.3) is 0 Å². The van der Waals surface area contributed by atoms with Gasteiger partial charge in [0.1, 0.15) is 0 Å². The van der Waals surface area contributed by atoms with Crippen LogP contribution in [0.1, 0.15) is 18.9 Å². The van der Waals surface area contributed by atoms with Gasteiger partial charge >= 0.3 is 0 Å². The molecular formula is C14H21N3O3S. The first-order valence-electron chi connectivity index (χ1n) is 6.85. The molecule has 116 valence electrons. The van der Waals surface area contributed by atoms with Crippen LogP contribution >= 0.6 is 0 Å². The fraction of sp³-hybridized carbons (Fsp3) is 0.500. The van der Waals surface area contributed by atoms with Crippen molar-refractivity contribution in [2.75, 3.05) is 20.1 Å². The molecule has 0 bridgehead atoms. The fourth-order valence-electron chi connectivity index (χ4n) is 2.67. The van der Waals surface area contributed by atoms with E-state index in [0.29, 0.717) is 18.5 Å². The summed E-state index contributed by atoms with van der Waals surface area (Å²) >= 11 is 0.